The number of hydrogen-bond acceptors (Lipinski definition) is 3. The summed E-state index contributed by atoms with van der Waals surface area (Å²) in [7, 11) is 0. The first-order valence-electron chi connectivity index (χ1n) is 8.55. The Morgan fingerprint density at radius 3 is 2.86 bits per heavy atom. The number of nitrogens with two attached hydrogens (primary N) is 1. The summed E-state index contributed by atoms with van der Waals surface area (Å²) in [6, 6.07) is 8.74. The molecule has 1 amide bonds. The normalized spacial score (nSPS) is 23.0. The Morgan fingerprint density at radius 2 is 2.00 bits per heavy atom. The number of hydrogen-bond donors (Lipinski definition) is 1. The maximum absolute atomic E-state index is 12.5. The lowest BCUT2D eigenvalue weighted by atomic mass is 10.00. The van der Waals surface area contributed by atoms with Crippen molar-refractivity contribution in [1.82, 2.24) is 9.80 Å². The van der Waals surface area contributed by atoms with Gasteiger partial charge >= 0.3 is 0 Å². The predicted octanol–water partition coefficient (Wildman–Crippen LogP) is 1.77. The van der Waals surface area contributed by atoms with Crippen LogP contribution in [0, 0.1) is 0 Å². The highest BCUT2D eigenvalue weighted by atomic mass is 16.2. The van der Waals surface area contributed by atoms with Crippen LogP contribution in [0.3, 0.4) is 0 Å². The molecule has 1 aromatic rings. The predicted molar refractivity (Wildman–Crippen MR) is 88.4 cm³/mol. The molecule has 1 aromatic carbocycles. The molecule has 2 aliphatic rings. The van der Waals surface area contributed by atoms with E-state index in [9.17, 15) is 4.79 Å². The summed E-state index contributed by atoms with van der Waals surface area (Å²) in [6.45, 7) is 4.51. The zero-order valence-corrected chi connectivity index (χ0v) is 13.3. The maximum Gasteiger partial charge on any atom is 0.224 e. The summed E-state index contributed by atoms with van der Waals surface area (Å²) in [4.78, 5) is 16.9. The topological polar surface area (TPSA) is 49.6 Å². The third kappa shape index (κ3) is 3.87. The molecule has 0 unspecified atom stereocenters. The summed E-state index contributed by atoms with van der Waals surface area (Å²) < 4.78 is 0. The molecule has 2 N–H and O–H groups in total. The third-order valence-corrected chi connectivity index (χ3v) is 4.92. The Balaban J connectivity index is 1.50. The van der Waals surface area contributed by atoms with E-state index in [1.54, 1.807) is 0 Å². The number of benzene rings is 1. The van der Waals surface area contributed by atoms with Crippen molar-refractivity contribution in [2.45, 2.75) is 44.7 Å². The van der Waals surface area contributed by atoms with Crippen molar-refractivity contribution < 1.29 is 4.79 Å². The quantitative estimate of drug-likeness (QED) is 0.926. The van der Waals surface area contributed by atoms with Crippen molar-refractivity contribution in [3.8, 4) is 0 Å². The first kappa shape index (κ1) is 15.5. The number of amides is 1. The first-order chi connectivity index (χ1) is 10.7. The molecule has 4 nitrogen and oxygen atoms in total. The fraction of sp³-hybridized carbons (Fsp3) is 0.611. The molecule has 0 radical (unpaired) electrons. The smallest absolute Gasteiger partial charge is 0.224 e. The Kier molecular flexibility index (Phi) is 5.11. The van der Waals surface area contributed by atoms with Gasteiger partial charge in [-0.05, 0) is 36.9 Å². The molecule has 1 saturated heterocycles. The van der Waals surface area contributed by atoms with Crippen LogP contribution in [0.15, 0.2) is 24.3 Å². The van der Waals surface area contributed by atoms with Crippen molar-refractivity contribution in [3.05, 3.63) is 35.4 Å². The van der Waals surface area contributed by atoms with Gasteiger partial charge in [0.1, 0.15) is 0 Å². The van der Waals surface area contributed by atoms with Crippen LogP contribution in [0.2, 0.25) is 0 Å². The molecule has 4 heteroatoms. The van der Waals surface area contributed by atoms with E-state index in [2.05, 4.69) is 29.2 Å². The minimum atomic E-state index is 0.277. The second-order valence-electron chi connectivity index (χ2n) is 6.64. The van der Waals surface area contributed by atoms with Gasteiger partial charge in [-0.25, -0.2) is 0 Å². The fourth-order valence-corrected chi connectivity index (χ4v) is 3.58. The SMILES string of the molecule is N[C@H]1CCCCN(CCC(=O)N2CCc3ccccc3C2)C1. The van der Waals surface area contributed by atoms with Crippen LogP contribution in [-0.2, 0) is 17.8 Å². The third-order valence-electron chi connectivity index (χ3n) is 4.92. The minimum Gasteiger partial charge on any atom is -0.338 e. The number of rotatable bonds is 3. The fourth-order valence-electron chi connectivity index (χ4n) is 3.58. The Labute approximate surface area is 133 Å². The molecular formula is C18H27N3O. The van der Waals surface area contributed by atoms with Gasteiger partial charge in [0.25, 0.3) is 0 Å². The number of nitrogens with zero attached hydrogens (tertiary/aromatic N) is 2. The highest BCUT2D eigenvalue weighted by Gasteiger charge is 2.21. The van der Waals surface area contributed by atoms with Crippen molar-refractivity contribution >= 4 is 5.91 Å². The Morgan fingerprint density at radius 1 is 1.18 bits per heavy atom. The molecule has 3 rings (SSSR count). The van der Waals surface area contributed by atoms with E-state index >= 15 is 0 Å². The van der Waals surface area contributed by atoms with E-state index in [0.717, 1.165) is 45.6 Å². The van der Waals surface area contributed by atoms with Gasteiger partial charge in [0.15, 0.2) is 0 Å². The van der Waals surface area contributed by atoms with Crippen LogP contribution in [0.5, 0.6) is 0 Å². The number of carbonyl (C=O) groups is 1. The van der Waals surface area contributed by atoms with Gasteiger partial charge in [0.2, 0.25) is 5.91 Å². The second-order valence-corrected chi connectivity index (χ2v) is 6.64. The lowest BCUT2D eigenvalue weighted by molar-refractivity contribution is -0.132. The highest BCUT2D eigenvalue weighted by Crippen LogP contribution is 2.19. The van der Waals surface area contributed by atoms with Crippen molar-refractivity contribution in [2.75, 3.05) is 26.2 Å². The average Bonchev–Trinajstić information content (AvgIpc) is 2.76. The number of likely N-dealkylation sites (tertiary alicyclic amines) is 1. The van der Waals surface area contributed by atoms with Gasteiger partial charge in [-0.2, -0.15) is 0 Å². The molecule has 0 saturated carbocycles. The molecule has 0 bridgehead atoms. The summed E-state index contributed by atoms with van der Waals surface area (Å²) in [5.74, 6) is 0.285. The lowest BCUT2D eigenvalue weighted by Crippen LogP contribution is -2.40. The van der Waals surface area contributed by atoms with Gasteiger partial charge in [-0.3, -0.25) is 4.79 Å². The highest BCUT2D eigenvalue weighted by molar-refractivity contribution is 5.76. The molecule has 1 atom stereocenters. The average molecular weight is 301 g/mol. The van der Waals surface area contributed by atoms with Gasteiger partial charge in [-0.1, -0.05) is 30.7 Å². The van der Waals surface area contributed by atoms with Crippen LogP contribution in [0.4, 0.5) is 0 Å². The molecule has 2 heterocycles. The minimum absolute atomic E-state index is 0.277. The Bertz CT molecular complexity index is 517. The van der Waals surface area contributed by atoms with Crippen LogP contribution in [0.25, 0.3) is 0 Å². The van der Waals surface area contributed by atoms with Gasteiger partial charge < -0.3 is 15.5 Å². The van der Waals surface area contributed by atoms with Crippen LogP contribution < -0.4 is 5.73 Å². The zero-order valence-electron chi connectivity index (χ0n) is 13.3. The van der Waals surface area contributed by atoms with Crippen LogP contribution in [0.1, 0.15) is 36.8 Å². The maximum atomic E-state index is 12.5. The van der Waals surface area contributed by atoms with Crippen molar-refractivity contribution in [3.63, 3.8) is 0 Å². The van der Waals surface area contributed by atoms with E-state index in [4.69, 9.17) is 5.73 Å². The number of carbonyl (C=O) groups excluding carboxylic acids is 1. The summed E-state index contributed by atoms with van der Waals surface area (Å²) in [5.41, 5.74) is 8.79. The van der Waals surface area contributed by atoms with Crippen molar-refractivity contribution in [1.29, 1.82) is 0 Å². The largest absolute Gasteiger partial charge is 0.338 e. The van der Waals surface area contributed by atoms with E-state index in [-0.39, 0.29) is 11.9 Å². The van der Waals surface area contributed by atoms with E-state index in [1.807, 2.05) is 4.90 Å². The van der Waals surface area contributed by atoms with Gasteiger partial charge in [0, 0.05) is 38.6 Å². The summed E-state index contributed by atoms with van der Waals surface area (Å²) in [5, 5.41) is 0. The van der Waals surface area contributed by atoms with Gasteiger partial charge in [0.05, 0.1) is 0 Å². The van der Waals surface area contributed by atoms with Crippen LogP contribution in [-0.4, -0.2) is 47.9 Å². The van der Waals surface area contributed by atoms with Crippen LogP contribution >= 0.6 is 0 Å². The van der Waals surface area contributed by atoms with Crippen molar-refractivity contribution in [2.24, 2.45) is 5.73 Å². The summed E-state index contributed by atoms with van der Waals surface area (Å²) >= 11 is 0. The van der Waals surface area contributed by atoms with E-state index in [0.29, 0.717) is 6.42 Å². The van der Waals surface area contributed by atoms with E-state index in [1.165, 1.54) is 24.0 Å². The molecule has 0 spiro atoms. The lowest BCUT2D eigenvalue weighted by Gasteiger charge is -2.30. The summed E-state index contributed by atoms with van der Waals surface area (Å²) in [6.07, 6.45) is 5.15. The Hall–Kier alpha value is -1.39. The standard InChI is InChI=1S/C18H27N3O/c19-17-7-3-4-10-20(14-17)11-9-18(22)21-12-8-15-5-1-2-6-16(15)13-21/h1-2,5-6,17H,3-4,7-14,19H2/t17-/m0/s1. The molecule has 0 aromatic heterocycles. The molecular weight excluding hydrogens is 274 g/mol. The monoisotopic (exact) mass is 301 g/mol. The molecule has 120 valence electrons. The molecule has 1 fully saturated rings. The zero-order chi connectivity index (χ0) is 15.4. The molecule has 0 aliphatic carbocycles. The van der Waals surface area contributed by atoms with Gasteiger partial charge in [-0.15, -0.1) is 0 Å². The molecule has 2 aliphatic heterocycles. The second kappa shape index (κ2) is 7.25. The van der Waals surface area contributed by atoms with E-state index < -0.39 is 0 Å². The number of fused-ring (bicyclic) bond motifs is 1. The first-order valence-corrected chi connectivity index (χ1v) is 8.55. The molecule has 22 heavy (non-hydrogen) atoms.